The zero-order valence-electron chi connectivity index (χ0n) is 27.6. The van der Waals surface area contributed by atoms with E-state index in [0.717, 1.165) is 21.7 Å². The fourth-order valence-corrected chi connectivity index (χ4v) is 6.93. The average Bonchev–Trinajstić information content (AvgIpc) is 3.62. The van der Waals surface area contributed by atoms with E-state index in [0.29, 0.717) is 19.4 Å². The van der Waals surface area contributed by atoms with Gasteiger partial charge in [0, 0.05) is 44.9 Å². The van der Waals surface area contributed by atoms with Crippen molar-refractivity contribution in [2.75, 3.05) is 19.6 Å². The van der Waals surface area contributed by atoms with Gasteiger partial charge in [-0.15, -0.1) is 11.3 Å². The number of hydrogen-bond donors (Lipinski definition) is 5. The van der Waals surface area contributed by atoms with Gasteiger partial charge >= 0.3 is 6.09 Å². The second kappa shape index (κ2) is 15.2. The first-order valence-electron chi connectivity index (χ1n) is 16.0. The maximum absolute atomic E-state index is 13.9. The van der Waals surface area contributed by atoms with Gasteiger partial charge in [0.25, 0.3) is 0 Å². The van der Waals surface area contributed by atoms with Crippen molar-refractivity contribution in [3.63, 3.8) is 0 Å². The van der Waals surface area contributed by atoms with Crippen molar-refractivity contribution in [2.24, 2.45) is 5.41 Å². The van der Waals surface area contributed by atoms with Crippen LogP contribution in [0.2, 0.25) is 0 Å². The van der Waals surface area contributed by atoms with E-state index in [4.69, 9.17) is 5.11 Å². The minimum absolute atomic E-state index is 0.0460. The summed E-state index contributed by atoms with van der Waals surface area (Å²) in [5, 5.41) is 27.7. The number of carbonyl (C=O) groups excluding carboxylic acids is 4. The summed E-state index contributed by atoms with van der Waals surface area (Å²) in [7, 11) is 0. The third-order valence-electron chi connectivity index (χ3n) is 8.73. The van der Waals surface area contributed by atoms with Crippen molar-refractivity contribution >= 4 is 41.1 Å². The predicted molar refractivity (Wildman–Crippen MR) is 176 cm³/mol. The lowest BCUT2D eigenvalue weighted by Crippen LogP contribution is -2.58. The number of β-amino-alcohol motifs (C(OH)–C–C–N with tert-alkyl or cyclic N) is 1. The Morgan fingerprint density at radius 1 is 1.06 bits per heavy atom. The monoisotopic (exact) mass is 670 g/mol. The highest BCUT2D eigenvalue weighted by Gasteiger charge is 2.44. The van der Waals surface area contributed by atoms with E-state index in [1.165, 1.54) is 4.90 Å². The molecule has 0 aliphatic carbocycles. The largest absolute Gasteiger partial charge is 0.465 e. The molecule has 4 rings (SSSR count). The first-order valence-corrected chi connectivity index (χ1v) is 16.9. The zero-order valence-corrected chi connectivity index (χ0v) is 28.4. The number of nitrogens with one attached hydrogen (secondary N) is 3. The molecule has 0 radical (unpaired) electrons. The number of hydrogen-bond acceptors (Lipinski definition) is 8. The van der Waals surface area contributed by atoms with Crippen molar-refractivity contribution in [2.45, 2.75) is 97.0 Å². The number of carboxylic acid groups (broad SMARTS) is 1. The number of carbonyl (C=O) groups is 5. The highest BCUT2D eigenvalue weighted by atomic mass is 32.1. The average molecular weight is 671 g/mol. The molecule has 3 heterocycles. The Morgan fingerprint density at radius 3 is 2.38 bits per heavy atom. The van der Waals surface area contributed by atoms with Gasteiger partial charge < -0.3 is 36.0 Å². The standard InChI is InChI=1S/C33H46N6O7S/c1-19(21-8-10-22(11-9-21)28-20(2)34-18-47-28)35-30(43)25-15-24(40)17-39(25)31(44)29(33(3,4)5)37-26(41)12-13-27(42)38-14-6-7-23(16-38)36-32(45)46/h8-11,18-19,23-25,29,36,40H,6-7,12-17H2,1-5H3,(H,35,43)(H,37,41)(H,45,46)/t19-,23?,24+,25-,29?/m0/s1. The van der Waals surface area contributed by atoms with Crippen molar-refractivity contribution < 1.29 is 34.2 Å². The number of aliphatic hydroxyl groups excluding tert-OH is 1. The highest BCUT2D eigenvalue weighted by molar-refractivity contribution is 7.13. The molecule has 0 bridgehead atoms. The highest BCUT2D eigenvalue weighted by Crippen LogP contribution is 2.29. The van der Waals surface area contributed by atoms with Crippen LogP contribution >= 0.6 is 11.3 Å². The maximum atomic E-state index is 13.9. The summed E-state index contributed by atoms with van der Waals surface area (Å²) in [5.74, 6) is -1.64. The Balaban J connectivity index is 1.36. The van der Waals surface area contributed by atoms with Crippen LogP contribution in [0, 0.1) is 12.3 Å². The molecule has 5 amide bonds. The lowest BCUT2D eigenvalue weighted by molar-refractivity contribution is -0.144. The van der Waals surface area contributed by atoms with E-state index in [1.807, 2.05) is 38.1 Å². The molecule has 5 N–H and O–H groups in total. The quantitative estimate of drug-likeness (QED) is 0.256. The van der Waals surface area contributed by atoms with Crippen LogP contribution in [0.4, 0.5) is 4.79 Å². The predicted octanol–water partition coefficient (Wildman–Crippen LogP) is 2.83. The second-order valence-corrected chi connectivity index (χ2v) is 14.4. The number of aromatic nitrogens is 1. The van der Waals surface area contributed by atoms with Gasteiger partial charge in [0.1, 0.15) is 12.1 Å². The number of nitrogens with zero attached hydrogens (tertiary/aromatic N) is 3. The van der Waals surface area contributed by atoms with Crippen LogP contribution in [0.15, 0.2) is 29.8 Å². The van der Waals surface area contributed by atoms with Crippen LogP contribution in [-0.2, 0) is 19.2 Å². The molecule has 0 spiro atoms. The van der Waals surface area contributed by atoms with E-state index >= 15 is 0 Å². The number of benzene rings is 1. The van der Waals surface area contributed by atoms with Crippen LogP contribution in [0.3, 0.4) is 0 Å². The normalized spacial score (nSPS) is 21.1. The molecule has 14 heteroatoms. The summed E-state index contributed by atoms with van der Waals surface area (Å²) in [5.41, 5.74) is 3.94. The molecule has 2 aliphatic rings. The molecule has 2 aliphatic heterocycles. The lowest BCUT2D eigenvalue weighted by atomic mass is 9.85. The van der Waals surface area contributed by atoms with Gasteiger partial charge in [0.05, 0.1) is 28.2 Å². The third kappa shape index (κ3) is 9.28. The molecule has 2 aromatic rings. The molecule has 2 fully saturated rings. The third-order valence-corrected chi connectivity index (χ3v) is 9.71. The minimum atomic E-state index is -1.14. The van der Waals surface area contributed by atoms with Gasteiger partial charge in [0.15, 0.2) is 0 Å². The molecule has 1 aromatic heterocycles. The van der Waals surface area contributed by atoms with E-state index in [1.54, 1.807) is 42.5 Å². The first-order chi connectivity index (χ1) is 22.1. The number of amides is 5. The smallest absolute Gasteiger partial charge is 0.404 e. The van der Waals surface area contributed by atoms with Crippen molar-refractivity contribution in [1.29, 1.82) is 0 Å². The van der Waals surface area contributed by atoms with Gasteiger partial charge in [-0.2, -0.15) is 0 Å². The van der Waals surface area contributed by atoms with E-state index in [-0.39, 0.29) is 50.3 Å². The molecular formula is C33H46N6O7S. The molecule has 5 atom stereocenters. The summed E-state index contributed by atoms with van der Waals surface area (Å²) in [6.45, 7) is 9.89. The summed E-state index contributed by atoms with van der Waals surface area (Å²) in [6.07, 6.45) is -0.932. The second-order valence-electron chi connectivity index (χ2n) is 13.5. The molecular weight excluding hydrogens is 624 g/mol. The fraction of sp³-hybridized carbons (Fsp3) is 0.576. The van der Waals surface area contributed by atoms with Crippen LogP contribution in [0.5, 0.6) is 0 Å². The Labute approximate surface area is 279 Å². The van der Waals surface area contributed by atoms with Crippen molar-refractivity contribution in [1.82, 2.24) is 30.7 Å². The molecule has 1 aromatic carbocycles. The Kier molecular flexibility index (Phi) is 11.6. The van der Waals surface area contributed by atoms with Crippen molar-refractivity contribution in [3.8, 4) is 10.4 Å². The van der Waals surface area contributed by atoms with Gasteiger partial charge in [-0.05, 0) is 43.2 Å². The summed E-state index contributed by atoms with van der Waals surface area (Å²) in [4.78, 5) is 72.5. The SMILES string of the molecule is Cc1ncsc1-c1ccc([C@H](C)NC(=O)[C@@H]2C[C@@H](O)CN2C(=O)C(NC(=O)CCC(=O)N2CCCC(NC(=O)O)C2)C(C)(C)C)cc1. The minimum Gasteiger partial charge on any atom is -0.465 e. The number of likely N-dealkylation sites (tertiary alicyclic amines) is 2. The lowest BCUT2D eigenvalue weighted by Gasteiger charge is -2.35. The van der Waals surface area contributed by atoms with Crippen LogP contribution < -0.4 is 16.0 Å². The molecule has 256 valence electrons. The first kappa shape index (κ1) is 35.8. The van der Waals surface area contributed by atoms with Gasteiger partial charge in [0.2, 0.25) is 23.6 Å². The number of aliphatic hydroxyl groups is 1. The van der Waals surface area contributed by atoms with E-state index < -0.39 is 47.4 Å². The summed E-state index contributed by atoms with van der Waals surface area (Å²) in [6, 6.07) is 5.20. The molecule has 13 nitrogen and oxygen atoms in total. The molecule has 2 saturated heterocycles. The fourth-order valence-electron chi connectivity index (χ4n) is 6.12. The van der Waals surface area contributed by atoms with Crippen LogP contribution in [0.25, 0.3) is 10.4 Å². The van der Waals surface area contributed by atoms with Crippen molar-refractivity contribution in [3.05, 3.63) is 41.0 Å². The van der Waals surface area contributed by atoms with Crippen LogP contribution in [-0.4, -0.2) is 98.6 Å². The zero-order chi connectivity index (χ0) is 34.5. The maximum Gasteiger partial charge on any atom is 0.404 e. The topological polar surface area (TPSA) is 181 Å². The number of aryl methyl sites for hydroxylation is 1. The Morgan fingerprint density at radius 2 is 1.77 bits per heavy atom. The van der Waals surface area contributed by atoms with Gasteiger partial charge in [-0.25, -0.2) is 9.78 Å². The summed E-state index contributed by atoms with van der Waals surface area (Å²) >= 11 is 1.56. The number of piperidine rings is 1. The van der Waals surface area contributed by atoms with Crippen LogP contribution in [0.1, 0.15) is 77.1 Å². The molecule has 0 saturated carbocycles. The Hall–Kier alpha value is -4.04. The van der Waals surface area contributed by atoms with Gasteiger partial charge in [-0.3, -0.25) is 19.2 Å². The Bertz CT molecular complexity index is 1460. The summed E-state index contributed by atoms with van der Waals surface area (Å²) < 4.78 is 0. The molecule has 47 heavy (non-hydrogen) atoms. The molecule has 2 unspecified atom stereocenters. The number of rotatable bonds is 10. The van der Waals surface area contributed by atoms with E-state index in [9.17, 15) is 29.1 Å². The number of thiazole rings is 1. The van der Waals surface area contributed by atoms with E-state index in [2.05, 4.69) is 20.9 Å². The van der Waals surface area contributed by atoms with Gasteiger partial charge in [-0.1, -0.05) is 45.0 Å².